The molecule has 7 heterocycles. The second kappa shape index (κ2) is 27.0. The Bertz CT molecular complexity index is 3700. The van der Waals surface area contributed by atoms with Gasteiger partial charge in [-0.15, -0.1) is 0 Å². The van der Waals surface area contributed by atoms with Crippen LogP contribution < -0.4 is 42.8 Å². The van der Waals surface area contributed by atoms with E-state index in [2.05, 4.69) is 111 Å². The zero-order chi connectivity index (χ0) is 65.0. The first-order chi connectivity index (χ1) is 46.3. The molecule has 15 nitrogen and oxygen atoms in total. The standard InChI is InChI=1S/C80H100N8O7/c81-72-40-65-52(30-50-12-6-11-49(29-50)16-15-48-9-2-1-3-10-48)13-7-27-85-77(82)87-59-34-53-19-25-80-70-18-17-51(31-60(91)38-61(92)35-58(46-89)64-39-69(95-47-90)68(93)36-55(64)33-57(65)45-86-72)41-79(70,42-67-62-21-28-83-44-56(62)32-54-14-8-26-84-74(54)67)43-71(80)88-75-63(66(37-59)73(53)80)20-24-78(76(75)94)22-4-5-23-78/h1-3,6,8-12,14,20,24,29,35-36,39-40,45,51-54,56,59,62,67,70-76,83-84,86,88-90,93-94H,4-5,13,15-19,21-23,25-26,28,30-34,37-38,41-44,46-47,81H2,(H3,82,85,87)/b58-35+/t51-,52+,53-,54-,56-,59-,62+,67+,70-,71+,72?,73-,74+,75-,76-,79+,80-/m0/s1. The van der Waals surface area contributed by atoms with Gasteiger partial charge in [-0.25, -0.2) is 0 Å². The number of carbonyl (C=O) groups is 2. The fourth-order valence-electron chi connectivity index (χ4n) is 22.5. The minimum Gasteiger partial charge on any atom is -0.504 e. The van der Waals surface area contributed by atoms with Crippen LogP contribution in [0.3, 0.4) is 0 Å². The molecule has 1 saturated heterocycles. The molecule has 95 heavy (non-hydrogen) atoms. The first-order valence-electron chi connectivity index (χ1n) is 36.3. The number of nitrogens with one attached hydrogen (secondary N) is 5. The van der Waals surface area contributed by atoms with Gasteiger partial charge in [0.15, 0.2) is 24.1 Å². The molecule has 7 aliphatic heterocycles. The highest BCUT2D eigenvalue weighted by molar-refractivity contribution is 6.08. The van der Waals surface area contributed by atoms with Crippen molar-refractivity contribution in [1.29, 1.82) is 0 Å². The number of aliphatic imine (C=N–C) groups is 1. The minimum absolute atomic E-state index is 0.0113. The number of aromatic hydroxyl groups is 1. The molecule has 17 rings (SSSR count). The van der Waals surface area contributed by atoms with Gasteiger partial charge in [0.25, 0.3) is 0 Å². The van der Waals surface area contributed by atoms with Crippen molar-refractivity contribution >= 4 is 23.1 Å². The molecule has 8 bridgehead atoms. The number of aryl methyl sites for hydroxylation is 2. The lowest BCUT2D eigenvalue weighted by Gasteiger charge is -2.56. The van der Waals surface area contributed by atoms with E-state index in [4.69, 9.17) is 21.2 Å². The number of hydrogen-bond acceptors (Lipinski definition) is 15. The third kappa shape index (κ3) is 12.4. The van der Waals surface area contributed by atoms with E-state index in [1.807, 2.05) is 18.3 Å². The molecular weight excluding hydrogens is 1180 g/mol. The summed E-state index contributed by atoms with van der Waals surface area (Å²) < 4.78 is 5.54. The molecule has 3 aromatic rings. The van der Waals surface area contributed by atoms with Crippen molar-refractivity contribution in [2.24, 2.45) is 86.0 Å². The summed E-state index contributed by atoms with van der Waals surface area (Å²) >= 11 is 0. The van der Waals surface area contributed by atoms with Crippen LogP contribution in [0, 0.1) is 81.5 Å². The van der Waals surface area contributed by atoms with E-state index in [1.54, 1.807) is 12.1 Å². The number of nitrogens with two attached hydrogens (primary N) is 2. The van der Waals surface area contributed by atoms with Gasteiger partial charge in [0.05, 0.1) is 31.3 Å². The molecule has 502 valence electrons. The lowest BCUT2D eigenvalue weighted by Crippen LogP contribution is -2.57. The maximum atomic E-state index is 14.9. The number of aliphatic hydroxyl groups is 3. The summed E-state index contributed by atoms with van der Waals surface area (Å²) in [6.07, 6.45) is 32.8. The lowest BCUT2D eigenvalue weighted by molar-refractivity contribution is -0.126. The Morgan fingerprint density at radius 3 is 2.58 bits per heavy atom. The number of guanidine groups is 1. The quantitative estimate of drug-likeness (QED) is 0.0393. The van der Waals surface area contributed by atoms with Crippen molar-refractivity contribution < 1.29 is 34.8 Å². The third-order valence-corrected chi connectivity index (χ3v) is 26.1. The Morgan fingerprint density at radius 1 is 0.884 bits per heavy atom. The van der Waals surface area contributed by atoms with Crippen LogP contribution in [-0.4, -0.2) is 107 Å². The van der Waals surface area contributed by atoms with Crippen molar-refractivity contribution in [1.82, 2.24) is 26.6 Å². The second-order valence-corrected chi connectivity index (χ2v) is 31.2. The smallest absolute Gasteiger partial charge is 0.202 e. The molecule has 2 spiro atoms. The number of phenolic OH excluding ortho intramolecular Hbond substituents is 1. The summed E-state index contributed by atoms with van der Waals surface area (Å²) in [7, 11) is 0. The Hall–Kier alpha value is -6.61. The van der Waals surface area contributed by atoms with E-state index in [9.17, 15) is 30.0 Å². The monoisotopic (exact) mass is 1280 g/mol. The maximum absolute atomic E-state index is 14.9. The number of rotatable bonds is 10. The van der Waals surface area contributed by atoms with Gasteiger partial charge in [-0.2, -0.15) is 4.99 Å². The van der Waals surface area contributed by atoms with E-state index in [0.717, 1.165) is 133 Å². The predicted molar refractivity (Wildman–Crippen MR) is 371 cm³/mol. The number of Topliss-reactive ketones (excluding diaryl/α,β-unsaturated/α-hetero) is 1. The summed E-state index contributed by atoms with van der Waals surface area (Å²) in [5.41, 5.74) is 23.0. The Kier molecular flexibility index (Phi) is 18.3. The number of nitrogens with zero attached hydrogens (tertiary/aromatic N) is 1. The number of allylic oxidation sites excluding steroid dienone is 3. The van der Waals surface area contributed by atoms with Crippen molar-refractivity contribution in [2.75, 3.05) is 33.0 Å². The van der Waals surface area contributed by atoms with Crippen LogP contribution in [0.5, 0.6) is 11.5 Å². The molecule has 1 unspecified atom stereocenters. The molecular formula is C80H100N8O7. The van der Waals surface area contributed by atoms with Crippen molar-refractivity contribution in [2.45, 2.75) is 178 Å². The van der Waals surface area contributed by atoms with Gasteiger partial charge in [-0.1, -0.05) is 103 Å². The Morgan fingerprint density at radius 2 is 1.73 bits per heavy atom. The maximum Gasteiger partial charge on any atom is 0.202 e. The van der Waals surface area contributed by atoms with Crippen molar-refractivity contribution in [3.05, 3.63) is 159 Å². The van der Waals surface area contributed by atoms with Crippen LogP contribution in [0.15, 0.2) is 137 Å². The highest BCUT2D eigenvalue weighted by Crippen LogP contribution is 2.75. The van der Waals surface area contributed by atoms with E-state index >= 15 is 0 Å². The average molecular weight is 1290 g/mol. The van der Waals surface area contributed by atoms with Gasteiger partial charge < -0.3 is 63.2 Å². The number of fused-ring (bicyclic) bond motifs is 3. The fraction of sp³-hybridized carbons (Fsp3) is 0.562. The number of carbonyl (C=O) groups excluding carboxylic acids is 2. The van der Waals surface area contributed by atoms with E-state index in [-0.39, 0.29) is 81.9 Å². The van der Waals surface area contributed by atoms with Crippen LogP contribution >= 0.6 is 0 Å². The first-order valence-corrected chi connectivity index (χ1v) is 36.3. The van der Waals surface area contributed by atoms with Gasteiger partial charge in [-0.3, -0.25) is 9.59 Å². The molecule has 0 aromatic heterocycles. The van der Waals surface area contributed by atoms with Gasteiger partial charge in [0.1, 0.15) is 5.78 Å². The number of hydrogen-bond donors (Lipinski definition) is 11. The summed E-state index contributed by atoms with van der Waals surface area (Å²) in [4.78, 5) is 34.4. The first kappa shape index (κ1) is 64.4. The Labute approximate surface area is 561 Å². The lowest BCUT2D eigenvalue weighted by atomic mass is 9.50. The van der Waals surface area contributed by atoms with E-state index < -0.39 is 31.5 Å². The molecule has 3 aromatic carbocycles. The third-order valence-electron chi connectivity index (χ3n) is 26.1. The summed E-state index contributed by atoms with van der Waals surface area (Å²) in [5, 5.41) is 65.5. The molecule has 0 amide bonds. The molecule has 0 radical (unpaired) electrons. The number of phenols is 1. The topological polar surface area (TPSA) is 249 Å². The molecule has 6 saturated carbocycles. The van der Waals surface area contributed by atoms with Gasteiger partial charge in [0, 0.05) is 55.2 Å². The van der Waals surface area contributed by atoms with Crippen LogP contribution in [0.4, 0.5) is 0 Å². The predicted octanol–water partition coefficient (Wildman–Crippen LogP) is 9.06. The number of piperidine rings is 1. The van der Waals surface area contributed by atoms with Crippen LogP contribution in [0.2, 0.25) is 0 Å². The van der Waals surface area contributed by atoms with Crippen LogP contribution in [-0.2, 0) is 35.3 Å². The molecule has 13 N–H and O–H groups in total. The Balaban J connectivity index is 0.822. The number of ketones is 2. The highest BCUT2D eigenvalue weighted by atomic mass is 16.6. The van der Waals surface area contributed by atoms with Crippen molar-refractivity contribution in [3.8, 4) is 23.5 Å². The van der Waals surface area contributed by atoms with Gasteiger partial charge in [-0.05, 0) is 261 Å². The molecule has 14 aliphatic rings. The molecule has 7 aliphatic carbocycles. The number of dihydropyridines is 1. The van der Waals surface area contributed by atoms with Crippen molar-refractivity contribution in [3.63, 3.8) is 0 Å². The van der Waals surface area contributed by atoms with Crippen LogP contribution in [0.1, 0.15) is 143 Å². The normalized spacial score (nSPS) is 36.9. The highest BCUT2D eigenvalue weighted by Gasteiger charge is 2.71. The van der Waals surface area contributed by atoms with E-state index in [0.29, 0.717) is 83.8 Å². The fourth-order valence-corrected chi connectivity index (χ4v) is 22.5. The summed E-state index contributed by atoms with van der Waals surface area (Å²) in [6.45, 7) is 1.75. The molecule has 17 atom stereocenters. The number of benzene rings is 3. The summed E-state index contributed by atoms with van der Waals surface area (Å²) in [6, 6.07) is 26.0. The summed E-state index contributed by atoms with van der Waals surface area (Å²) in [5.74, 6) is 6.28. The molecule has 7 fully saturated rings. The molecule has 15 heteroatoms. The van der Waals surface area contributed by atoms with Crippen LogP contribution in [0.25, 0.3) is 5.57 Å². The van der Waals surface area contributed by atoms with Gasteiger partial charge in [0.2, 0.25) is 5.96 Å². The number of ether oxygens (including phenoxy) is 1. The SMILES string of the molecule is NC1=NC#CC[C@H](Cc2cccc(CCc3ccccc3)c2)C2=CC(N)NC=C2Cc2cc(O)c(OCO)cc2/C(CO)=C/C(=O)CC(=O)C[C@@H]2CC[C@H]3[C@@](C[C@@H]4[C@@H]5CCNC[C@@H]5C[C@@H]5C=CCN[C@@H]45)(C2)C[C@H]2N[C@H]4C(=C5C[C@H](C[C@@H]6CC[C@@]23[C@H]56)N1)C=CC1(CCCC1)[C@H]4O. The average Bonchev–Trinajstić information content (AvgIpc) is 1.51. The zero-order valence-electron chi connectivity index (χ0n) is 55.3. The largest absolute Gasteiger partial charge is 0.504 e. The number of aliphatic hydroxyl groups excluding tert-OH is 3. The van der Waals surface area contributed by atoms with Gasteiger partial charge >= 0.3 is 0 Å². The zero-order valence-corrected chi connectivity index (χ0v) is 55.3. The van der Waals surface area contributed by atoms with E-state index in [1.165, 1.54) is 41.2 Å². The minimum atomic E-state index is -0.710. The second-order valence-electron chi connectivity index (χ2n) is 31.2.